The molecule has 11 nitrogen and oxygen atoms in total. The Morgan fingerprint density at radius 3 is 2.62 bits per heavy atom. The summed E-state index contributed by atoms with van der Waals surface area (Å²) in [7, 11) is 0. The number of imide groups is 2. The summed E-state index contributed by atoms with van der Waals surface area (Å²) in [5, 5.41) is 11.8. The van der Waals surface area contributed by atoms with Crippen LogP contribution in [0.25, 0.3) is 16.7 Å². The van der Waals surface area contributed by atoms with Gasteiger partial charge in [0.25, 0.3) is 11.8 Å². The molecule has 1 aromatic carbocycles. The van der Waals surface area contributed by atoms with E-state index < -0.39 is 23.8 Å². The van der Waals surface area contributed by atoms with Crippen molar-refractivity contribution in [1.29, 1.82) is 0 Å². The molecule has 42 heavy (non-hydrogen) atoms. The fourth-order valence-corrected chi connectivity index (χ4v) is 6.50. The first-order valence-corrected chi connectivity index (χ1v) is 14.6. The predicted molar refractivity (Wildman–Crippen MR) is 152 cm³/mol. The van der Waals surface area contributed by atoms with E-state index in [1.54, 1.807) is 18.2 Å². The van der Waals surface area contributed by atoms with Crippen molar-refractivity contribution in [2.24, 2.45) is 5.92 Å². The Balaban J connectivity index is 0.928. The second kappa shape index (κ2) is 9.37. The Bertz CT molecular complexity index is 1800. The molecule has 3 fully saturated rings. The van der Waals surface area contributed by atoms with Gasteiger partial charge in [-0.3, -0.25) is 38.6 Å². The second-order valence-electron chi connectivity index (χ2n) is 11.8. The molecule has 4 aliphatic rings. The molecule has 1 unspecified atom stereocenters. The number of rotatable bonds is 7. The zero-order chi connectivity index (χ0) is 28.5. The third-order valence-corrected chi connectivity index (χ3v) is 9.03. The summed E-state index contributed by atoms with van der Waals surface area (Å²) in [4.78, 5) is 55.5. The fraction of sp³-hybridized carbons (Fsp3) is 0.355. The maximum atomic E-state index is 13.1. The molecular formula is C31H29N7O4. The van der Waals surface area contributed by atoms with E-state index in [-0.39, 0.29) is 29.9 Å². The van der Waals surface area contributed by atoms with Crippen LogP contribution in [0.1, 0.15) is 76.9 Å². The van der Waals surface area contributed by atoms with Crippen LogP contribution in [0.4, 0.5) is 5.69 Å². The van der Waals surface area contributed by atoms with Crippen molar-refractivity contribution < 1.29 is 19.2 Å². The van der Waals surface area contributed by atoms with Crippen molar-refractivity contribution in [2.45, 2.75) is 56.5 Å². The van der Waals surface area contributed by atoms with Crippen LogP contribution < -0.4 is 10.6 Å². The van der Waals surface area contributed by atoms with E-state index in [0.29, 0.717) is 17.9 Å². The molecular weight excluding hydrogens is 534 g/mol. The van der Waals surface area contributed by atoms with Crippen molar-refractivity contribution in [3.05, 3.63) is 71.8 Å². The Labute approximate surface area is 240 Å². The molecule has 4 aromatic rings. The number of carbonyl (C=O) groups excluding carboxylic acids is 4. The molecule has 2 saturated carbocycles. The van der Waals surface area contributed by atoms with Gasteiger partial charge in [-0.2, -0.15) is 5.10 Å². The lowest BCUT2D eigenvalue weighted by atomic mass is 9.80. The molecule has 0 bridgehead atoms. The van der Waals surface area contributed by atoms with Crippen LogP contribution in [0.3, 0.4) is 0 Å². The third-order valence-electron chi connectivity index (χ3n) is 9.03. The van der Waals surface area contributed by atoms with Crippen LogP contribution in [0.5, 0.6) is 0 Å². The van der Waals surface area contributed by atoms with Gasteiger partial charge in [0.05, 0.1) is 28.6 Å². The molecule has 3 aromatic heterocycles. The van der Waals surface area contributed by atoms with Crippen LogP contribution in [-0.4, -0.2) is 60.4 Å². The zero-order valence-corrected chi connectivity index (χ0v) is 22.8. The fourth-order valence-electron chi connectivity index (χ4n) is 6.50. The maximum Gasteiger partial charge on any atom is 0.262 e. The lowest BCUT2D eigenvalue weighted by molar-refractivity contribution is -0.136. The largest absolute Gasteiger partial charge is 0.385 e. The molecule has 212 valence electrons. The zero-order valence-electron chi connectivity index (χ0n) is 22.8. The number of aromatic nitrogens is 4. The number of piperidine rings is 1. The van der Waals surface area contributed by atoms with E-state index in [2.05, 4.69) is 49.4 Å². The van der Waals surface area contributed by atoms with E-state index in [1.165, 1.54) is 12.8 Å². The Hall–Kier alpha value is -4.80. The van der Waals surface area contributed by atoms with E-state index in [0.717, 1.165) is 52.4 Å². The maximum absolute atomic E-state index is 13.1. The van der Waals surface area contributed by atoms with Crippen LogP contribution in [0.15, 0.2) is 55.0 Å². The molecule has 2 aliphatic carbocycles. The number of hydrogen-bond acceptors (Lipinski definition) is 7. The number of pyridine rings is 1. The molecule has 1 saturated heterocycles. The summed E-state index contributed by atoms with van der Waals surface area (Å²) in [5.41, 5.74) is 4.55. The molecule has 1 atom stereocenters. The van der Waals surface area contributed by atoms with Crippen molar-refractivity contribution in [3.63, 3.8) is 0 Å². The number of benzene rings is 1. The highest BCUT2D eigenvalue weighted by molar-refractivity contribution is 6.23. The van der Waals surface area contributed by atoms with Crippen LogP contribution in [0, 0.1) is 5.92 Å². The lowest BCUT2D eigenvalue weighted by Gasteiger charge is -2.35. The summed E-state index contributed by atoms with van der Waals surface area (Å²) in [6.07, 6.45) is 10.7. The van der Waals surface area contributed by atoms with Gasteiger partial charge in [-0.25, -0.2) is 4.98 Å². The number of carbonyl (C=O) groups is 4. The average Bonchev–Trinajstić information content (AvgIpc) is 3.50. The highest BCUT2D eigenvalue weighted by Crippen LogP contribution is 2.44. The standard InChI is InChI=1S/C31H29N7O4/c39-26-8-7-24(29(40)34-26)38-30(41)22-6-5-20(14-23(22)31(38)42)33-15-17-12-21(13-17)37-16-25(27(35-37)18-3-4-18)36-11-9-19-2-1-10-32-28(19)36/h1-2,5-6,9-11,14,16-18,21,24,33H,3-4,7-8,12-13,15H2,(H,34,39,40). The summed E-state index contributed by atoms with van der Waals surface area (Å²) < 4.78 is 4.29. The third kappa shape index (κ3) is 4.02. The van der Waals surface area contributed by atoms with Gasteiger partial charge in [0.2, 0.25) is 11.8 Å². The predicted octanol–water partition coefficient (Wildman–Crippen LogP) is 3.56. The van der Waals surface area contributed by atoms with Crippen LogP contribution in [-0.2, 0) is 9.59 Å². The lowest BCUT2D eigenvalue weighted by Crippen LogP contribution is -2.54. The molecule has 8 rings (SSSR count). The van der Waals surface area contributed by atoms with E-state index in [4.69, 9.17) is 5.10 Å². The Morgan fingerprint density at radius 2 is 1.81 bits per heavy atom. The number of anilines is 1. The molecule has 0 spiro atoms. The van der Waals surface area contributed by atoms with Gasteiger partial charge < -0.3 is 5.32 Å². The minimum Gasteiger partial charge on any atom is -0.385 e. The highest BCUT2D eigenvalue weighted by atomic mass is 16.2. The van der Waals surface area contributed by atoms with Gasteiger partial charge in [-0.15, -0.1) is 0 Å². The quantitative estimate of drug-likeness (QED) is 0.329. The first kappa shape index (κ1) is 25.0. The van der Waals surface area contributed by atoms with Crippen molar-refractivity contribution in [3.8, 4) is 5.69 Å². The van der Waals surface area contributed by atoms with E-state index in [9.17, 15) is 19.2 Å². The van der Waals surface area contributed by atoms with Crippen molar-refractivity contribution in [2.75, 3.05) is 11.9 Å². The van der Waals surface area contributed by atoms with Gasteiger partial charge in [-0.05, 0) is 74.4 Å². The van der Waals surface area contributed by atoms with Gasteiger partial charge >= 0.3 is 0 Å². The normalized spacial score (nSPS) is 23.7. The van der Waals surface area contributed by atoms with Crippen LogP contribution >= 0.6 is 0 Å². The summed E-state index contributed by atoms with van der Waals surface area (Å²) in [6.45, 7) is 0.740. The number of fused-ring (bicyclic) bond motifs is 2. The summed E-state index contributed by atoms with van der Waals surface area (Å²) in [6, 6.07) is 10.6. The number of amides is 4. The van der Waals surface area contributed by atoms with Gasteiger partial charge in [0.15, 0.2) is 0 Å². The molecule has 2 N–H and O–H groups in total. The minimum absolute atomic E-state index is 0.0984. The topological polar surface area (TPSA) is 131 Å². The van der Waals surface area contributed by atoms with Crippen molar-refractivity contribution in [1.82, 2.24) is 29.5 Å². The molecule has 5 heterocycles. The average molecular weight is 564 g/mol. The van der Waals surface area contributed by atoms with E-state index >= 15 is 0 Å². The number of hydrogen-bond donors (Lipinski definition) is 2. The molecule has 4 amide bonds. The number of nitrogens with zero attached hydrogens (tertiary/aromatic N) is 5. The molecule has 2 aliphatic heterocycles. The highest BCUT2D eigenvalue weighted by Gasteiger charge is 2.44. The summed E-state index contributed by atoms with van der Waals surface area (Å²) in [5.74, 6) is -1.02. The number of nitrogens with one attached hydrogen (secondary N) is 2. The minimum atomic E-state index is -0.964. The van der Waals surface area contributed by atoms with Crippen LogP contribution in [0.2, 0.25) is 0 Å². The molecule has 0 radical (unpaired) electrons. The summed E-state index contributed by atoms with van der Waals surface area (Å²) >= 11 is 0. The monoisotopic (exact) mass is 563 g/mol. The second-order valence-corrected chi connectivity index (χ2v) is 11.8. The van der Waals surface area contributed by atoms with Crippen molar-refractivity contribution >= 4 is 40.3 Å². The van der Waals surface area contributed by atoms with Gasteiger partial charge in [-0.1, -0.05) is 0 Å². The molecule has 11 heteroatoms. The first-order chi connectivity index (χ1) is 20.4. The Kier molecular flexibility index (Phi) is 5.56. The first-order valence-electron chi connectivity index (χ1n) is 14.6. The SMILES string of the molecule is O=C1CCC(N2C(=O)c3ccc(NCC4CC(n5cc(-n6ccc7cccnc76)c(C6CC6)n5)C4)cc3C2=O)C(=O)N1. The van der Waals surface area contributed by atoms with Gasteiger partial charge in [0.1, 0.15) is 11.7 Å². The van der Waals surface area contributed by atoms with Gasteiger partial charge in [0, 0.05) is 48.5 Å². The smallest absolute Gasteiger partial charge is 0.262 e. The van der Waals surface area contributed by atoms with E-state index in [1.807, 2.05) is 12.3 Å². The Morgan fingerprint density at radius 1 is 0.976 bits per heavy atom.